The van der Waals surface area contributed by atoms with E-state index in [1.165, 1.54) is 0 Å². The van der Waals surface area contributed by atoms with Gasteiger partial charge in [-0.2, -0.15) is 26.3 Å². The Hall–Kier alpha value is -2.47. The summed E-state index contributed by atoms with van der Waals surface area (Å²) < 4.78 is 111. The summed E-state index contributed by atoms with van der Waals surface area (Å²) in [6.45, 7) is 0.278. The minimum atomic E-state index is -4.83. The summed E-state index contributed by atoms with van der Waals surface area (Å²) in [5.74, 6) is -0.412. The molecule has 3 rings (SSSR count). The molecule has 158 valence electrons. The number of sulfonamides is 1. The minimum Gasteiger partial charge on any atom is -0.491 e. The van der Waals surface area contributed by atoms with E-state index in [0.717, 1.165) is 18.2 Å². The quantitative estimate of drug-likeness (QED) is 0.708. The van der Waals surface area contributed by atoms with E-state index >= 15 is 0 Å². The van der Waals surface area contributed by atoms with Crippen molar-refractivity contribution in [1.82, 2.24) is 5.32 Å². The highest BCUT2D eigenvalue weighted by Crippen LogP contribution is 2.41. The second-order valence-corrected chi connectivity index (χ2v) is 7.85. The fourth-order valence-corrected chi connectivity index (χ4v) is 3.85. The molecule has 1 heterocycles. The third-order valence-corrected chi connectivity index (χ3v) is 5.41. The monoisotopic (exact) mass is 440 g/mol. The molecular formula is C17H14F6N2O3S. The second kappa shape index (κ2) is 7.41. The van der Waals surface area contributed by atoms with Gasteiger partial charge in [-0.05, 0) is 30.3 Å². The number of benzene rings is 2. The fraction of sp³-hybridized carbons (Fsp3) is 0.294. The summed E-state index contributed by atoms with van der Waals surface area (Å²) in [7, 11) is -4.57. The Morgan fingerprint density at radius 1 is 1.00 bits per heavy atom. The van der Waals surface area contributed by atoms with E-state index in [2.05, 4.69) is 5.32 Å². The average Bonchev–Trinajstić information content (AvgIpc) is 2.84. The van der Waals surface area contributed by atoms with Gasteiger partial charge in [-0.25, -0.2) is 8.42 Å². The number of fused-ring (bicyclic) bond motifs is 1. The lowest BCUT2D eigenvalue weighted by Crippen LogP contribution is -2.17. The number of halogens is 6. The van der Waals surface area contributed by atoms with Crippen LogP contribution < -0.4 is 14.8 Å². The Bertz CT molecular complexity index is 1020. The van der Waals surface area contributed by atoms with Crippen molar-refractivity contribution >= 4 is 15.7 Å². The topological polar surface area (TPSA) is 67.4 Å². The molecule has 2 aromatic rings. The lowest BCUT2D eigenvalue weighted by atomic mass is 10.1. The van der Waals surface area contributed by atoms with Crippen LogP contribution in [0.15, 0.2) is 41.3 Å². The molecule has 0 saturated carbocycles. The molecule has 0 unspecified atom stereocenters. The molecule has 0 aromatic heterocycles. The third kappa shape index (κ3) is 4.75. The predicted octanol–water partition coefficient (Wildman–Crippen LogP) is 4.01. The fourth-order valence-electron chi connectivity index (χ4n) is 2.76. The van der Waals surface area contributed by atoms with Crippen LogP contribution in [0.3, 0.4) is 0 Å². The van der Waals surface area contributed by atoms with Crippen LogP contribution in [0.1, 0.15) is 16.7 Å². The van der Waals surface area contributed by atoms with Gasteiger partial charge in [-0.1, -0.05) is 6.07 Å². The molecule has 0 fully saturated rings. The van der Waals surface area contributed by atoms with Crippen molar-refractivity contribution in [3.05, 3.63) is 53.1 Å². The van der Waals surface area contributed by atoms with Crippen LogP contribution >= 0.6 is 0 Å². The summed E-state index contributed by atoms with van der Waals surface area (Å²) in [6, 6.07) is 4.60. The first-order valence-corrected chi connectivity index (χ1v) is 9.64. The molecule has 29 heavy (non-hydrogen) atoms. The van der Waals surface area contributed by atoms with Crippen molar-refractivity contribution in [2.45, 2.75) is 23.8 Å². The van der Waals surface area contributed by atoms with Crippen LogP contribution in [-0.2, 0) is 28.9 Å². The Morgan fingerprint density at radius 3 is 2.38 bits per heavy atom. The van der Waals surface area contributed by atoms with Crippen LogP contribution in [-0.4, -0.2) is 21.6 Å². The van der Waals surface area contributed by atoms with Gasteiger partial charge in [0.05, 0.1) is 21.7 Å². The number of anilines is 1. The number of rotatable bonds is 3. The number of hydrogen-bond donors (Lipinski definition) is 2. The van der Waals surface area contributed by atoms with E-state index in [-0.39, 0.29) is 25.3 Å². The zero-order chi connectivity index (χ0) is 21.4. The maximum atomic E-state index is 13.4. The van der Waals surface area contributed by atoms with Gasteiger partial charge >= 0.3 is 12.4 Å². The molecule has 2 N–H and O–H groups in total. The molecule has 0 aliphatic carbocycles. The number of ether oxygens (including phenoxy) is 1. The highest BCUT2D eigenvalue weighted by Gasteiger charge is 2.37. The molecule has 0 bridgehead atoms. The van der Waals surface area contributed by atoms with Crippen LogP contribution in [0.25, 0.3) is 0 Å². The van der Waals surface area contributed by atoms with Crippen molar-refractivity contribution in [2.75, 3.05) is 17.9 Å². The van der Waals surface area contributed by atoms with Crippen molar-refractivity contribution in [3.8, 4) is 5.75 Å². The van der Waals surface area contributed by atoms with Crippen LogP contribution in [0, 0.1) is 0 Å². The van der Waals surface area contributed by atoms with E-state index in [1.807, 2.05) is 4.72 Å². The second-order valence-electron chi connectivity index (χ2n) is 6.17. The summed E-state index contributed by atoms with van der Waals surface area (Å²) in [6.07, 6.45) is -9.60. The van der Waals surface area contributed by atoms with E-state index in [9.17, 15) is 34.8 Å². The zero-order valence-corrected chi connectivity index (χ0v) is 15.3. The predicted molar refractivity (Wildman–Crippen MR) is 90.9 cm³/mol. The van der Waals surface area contributed by atoms with Gasteiger partial charge in [0.2, 0.25) is 0 Å². The van der Waals surface area contributed by atoms with Crippen molar-refractivity contribution < 1.29 is 39.5 Å². The zero-order valence-electron chi connectivity index (χ0n) is 14.5. The summed E-state index contributed by atoms with van der Waals surface area (Å²) >= 11 is 0. The Balaban J connectivity index is 2.03. The van der Waals surface area contributed by atoms with Crippen molar-refractivity contribution in [1.29, 1.82) is 0 Å². The lowest BCUT2D eigenvalue weighted by molar-refractivity contribution is -0.139. The molecular weight excluding hydrogens is 426 g/mol. The maximum absolute atomic E-state index is 13.4. The summed E-state index contributed by atoms with van der Waals surface area (Å²) in [5, 5.41) is 2.83. The normalized spacial score (nSPS) is 15.2. The molecule has 0 radical (unpaired) electrons. The van der Waals surface area contributed by atoms with Crippen LogP contribution in [0.4, 0.5) is 32.0 Å². The molecule has 0 saturated heterocycles. The first-order chi connectivity index (χ1) is 13.4. The molecule has 0 spiro atoms. The highest BCUT2D eigenvalue weighted by atomic mass is 32.2. The third-order valence-electron chi connectivity index (χ3n) is 4.04. The van der Waals surface area contributed by atoms with E-state index in [0.29, 0.717) is 18.2 Å². The molecule has 0 atom stereocenters. The maximum Gasteiger partial charge on any atom is 0.420 e. The van der Waals surface area contributed by atoms with Gasteiger partial charge in [0.1, 0.15) is 12.4 Å². The number of alkyl halides is 6. The Labute approximate surface area is 161 Å². The van der Waals surface area contributed by atoms with Crippen molar-refractivity contribution in [2.24, 2.45) is 0 Å². The van der Waals surface area contributed by atoms with Crippen LogP contribution in [0.2, 0.25) is 0 Å². The SMILES string of the molecule is O=S(=O)(Nc1cc2c(c(C(F)(F)F)c1)OCCNC2)c1cccc(C(F)(F)F)c1. The molecule has 1 aliphatic heterocycles. The Kier molecular flexibility index (Phi) is 5.43. The summed E-state index contributed by atoms with van der Waals surface area (Å²) in [5.41, 5.74) is -2.75. The van der Waals surface area contributed by atoms with Gasteiger partial charge in [0.15, 0.2) is 0 Å². The molecule has 12 heteroatoms. The lowest BCUT2D eigenvalue weighted by Gasteiger charge is -2.18. The highest BCUT2D eigenvalue weighted by molar-refractivity contribution is 7.92. The van der Waals surface area contributed by atoms with Gasteiger partial charge in [0.25, 0.3) is 10.0 Å². The number of hydrogen-bond acceptors (Lipinski definition) is 4. The largest absolute Gasteiger partial charge is 0.491 e. The van der Waals surface area contributed by atoms with Crippen molar-refractivity contribution in [3.63, 3.8) is 0 Å². The molecule has 1 aliphatic rings. The van der Waals surface area contributed by atoms with Crippen LogP contribution in [0.5, 0.6) is 5.75 Å². The Morgan fingerprint density at radius 2 is 1.72 bits per heavy atom. The molecule has 5 nitrogen and oxygen atoms in total. The first-order valence-electron chi connectivity index (χ1n) is 8.16. The molecule has 0 amide bonds. The van der Waals surface area contributed by atoms with Gasteiger partial charge in [-0.3, -0.25) is 4.72 Å². The van der Waals surface area contributed by atoms with Gasteiger partial charge < -0.3 is 10.1 Å². The minimum absolute atomic E-state index is 0.00244. The van der Waals surface area contributed by atoms with E-state index in [4.69, 9.17) is 4.74 Å². The number of nitrogens with one attached hydrogen (secondary N) is 2. The first kappa shape index (κ1) is 21.2. The average molecular weight is 440 g/mol. The van der Waals surface area contributed by atoms with E-state index < -0.39 is 49.8 Å². The summed E-state index contributed by atoms with van der Waals surface area (Å²) in [4.78, 5) is -0.731. The standard InChI is InChI=1S/C17H14F6N2O3S/c18-16(19,20)11-2-1-3-13(7-11)29(26,27)25-12-6-10-9-24-4-5-28-15(10)14(8-12)17(21,22)23/h1-3,6-8,24-25H,4-5,9H2. The van der Waals surface area contributed by atoms with Gasteiger partial charge in [0, 0.05) is 18.7 Å². The van der Waals surface area contributed by atoms with E-state index in [1.54, 1.807) is 0 Å². The smallest absolute Gasteiger partial charge is 0.420 e. The van der Waals surface area contributed by atoms with Gasteiger partial charge in [-0.15, -0.1) is 0 Å². The molecule has 2 aromatic carbocycles.